The molecular weight excluding hydrogens is 282 g/mol. The third-order valence-corrected chi connectivity index (χ3v) is 4.98. The summed E-state index contributed by atoms with van der Waals surface area (Å²) < 4.78 is 2.19. The van der Waals surface area contributed by atoms with Crippen LogP contribution in [0.1, 0.15) is 33.9 Å². The Bertz CT molecular complexity index is 815. The highest BCUT2D eigenvalue weighted by molar-refractivity contribution is 7.11. The van der Waals surface area contributed by atoms with Crippen molar-refractivity contribution >= 4 is 28.2 Å². The molecule has 0 amide bonds. The molecule has 3 rings (SSSR count). The predicted octanol–water partition coefficient (Wildman–Crippen LogP) is 3.01. The quantitative estimate of drug-likeness (QED) is 0.807. The Hall–Kier alpha value is -1.95. The lowest BCUT2D eigenvalue weighted by Crippen LogP contribution is -2.04. The van der Waals surface area contributed by atoms with Gasteiger partial charge < -0.3 is 10.3 Å². The number of nitrogens with two attached hydrogens (primary N) is 1. The van der Waals surface area contributed by atoms with Crippen LogP contribution in [-0.4, -0.2) is 19.5 Å². The maximum Gasteiger partial charge on any atom is 0.146 e. The molecular formula is C15H19N5S. The minimum Gasteiger partial charge on any atom is -0.383 e. The zero-order chi connectivity index (χ0) is 15.1. The summed E-state index contributed by atoms with van der Waals surface area (Å²) in [6.45, 7) is 8.92. The van der Waals surface area contributed by atoms with Crippen LogP contribution in [0.15, 0.2) is 6.20 Å². The molecule has 0 aliphatic heterocycles. The molecule has 0 aliphatic carbocycles. The first-order valence-electron chi connectivity index (χ1n) is 7.04. The molecule has 0 radical (unpaired) electrons. The number of rotatable bonds is 3. The summed E-state index contributed by atoms with van der Waals surface area (Å²) in [4.78, 5) is 14.7. The van der Waals surface area contributed by atoms with Crippen LogP contribution in [0.5, 0.6) is 0 Å². The molecule has 21 heavy (non-hydrogen) atoms. The summed E-state index contributed by atoms with van der Waals surface area (Å²) in [6, 6.07) is 0. The van der Waals surface area contributed by atoms with E-state index in [2.05, 4.69) is 40.3 Å². The second kappa shape index (κ2) is 5.11. The van der Waals surface area contributed by atoms with Gasteiger partial charge in [-0.25, -0.2) is 15.0 Å². The lowest BCUT2D eigenvalue weighted by Gasteiger charge is -2.06. The number of hydrogen-bond donors (Lipinski definition) is 1. The first-order chi connectivity index (χ1) is 10.0. The van der Waals surface area contributed by atoms with Crippen LogP contribution in [0.25, 0.3) is 11.0 Å². The van der Waals surface area contributed by atoms with E-state index in [0.29, 0.717) is 11.6 Å². The number of nitrogen functional groups attached to an aromatic ring is 1. The van der Waals surface area contributed by atoms with Gasteiger partial charge in [0.05, 0.1) is 11.9 Å². The Labute approximate surface area is 127 Å². The van der Waals surface area contributed by atoms with E-state index in [-0.39, 0.29) is 0 Å². The van der Waals surface area contributed by atoms with Crippen LogP contribution in [0.3, 0.4) is 0 Å². The molecule has 0 fully saturated rings. The highest BCUT2D eigenvalue weighted by Crippen LogP contribution is 2.29. The van der Waals surface area contributed by atoms with Gasteiger partial charge in [-0.05, 0) is 32.8 Å². The molecule has 0 saturated heterocycles. The molecule has 2 N–H and O–H groups in total. The normalized spacial score (nSPS) is 11.4. The third kappa shape index (κ3) is 2.29. The van der Waals surface area contributed by atoms with Gasteiger partial charge in [-0.3, -0.25) is 0 Å². The van der Waals surface area contributed by atoms with E-state index in [4.69, 9.17) is 5.73 Å². The summed E-state index contributed by atoms with van der Waals surface area (Å²) in [5, 5.41) is 2.06. The second-order valence-corrected chi connectivity index (χ2v) is 6.42. The number of anilines is 1. The van der Waals surface area contributed by atoms with Gasteiger partial charge in [-0.2, -0.15) is 0 Å². The average molecular weight is 301 g/mol. The fourth-order valence-corrected chi connectivity index (χ4v) is 3.44. The topological polar surface area (TPSA) is 69.6 Å². The van der Waals surface area contributed by atoms with E-state index >= 15 is 0 Å². The maximum atomic E-state index is 6.08. The largest absolute Gasteiger partial charge is 0.383 e. The highest BCUT2D eigenvalue weighted by atomic mass is 32.1. The van der Waals surface area contributed by atoms with Crippen LogP contribution >= 0.6 is 11.3 Å². The predicted molar refractivity (Wildman–Crippen MR) is 86.7 cm³/mol. The van der Waals surface area contributed by atoms with Gasteiger partial charge >= 0.3 is 0 Å². The van der Waals surface area contributed by atoms with Crippen molar-refractivity contribution < 1.29 is 0 Å². The van der Waals surface area contributed by atoms with Gasteiger partial charge in [-0.1, -0.05) is 6.92 Å². The molecule has 0 aromatic carbocycles. The lowest BCUT2D eigenvalue weighted by molar-refractivity contribution is 0.781. The van der Waals surface area contributed by atoms with E-state index in [1.54, 1.807) is 11.3 Å². The average Bonchev–Trinajstić information content (AvgIpc) is 2.98. The number of aromatic nitrogens is 4. The van der Waals surface area contributed by atoms with Crippen LogP contribution in [0, 0.1) is 20.8 Å². The summed E-state index contributed by atoms with van der Waals surface area (Å²) >= 11 is 1.76. The van der Waals surface area contributed by atoms with Gasteiger partial charge in [0.1, 0.15) is 22.3 Å². The summed E-state index contributed by atoms with van der Waals surface area (Å²) in [5.74, 6) is 1.26. The Kier molecular flexibility index (Phi) is 3.41. The molecule has 0 saturated carbocycles. The van der Waals surface area contributed by atoms with Gasteiger partial charge in [0.15, 0.2) is 0 Å². The van der Waals surface area contributed by atoms with Crippen molar-refractivity contribution in [3.05, 3.63) is 33.2 Å². The van der Waals surface area contributed by atoms with E-state index in [1.165, 1.54) is 10.6 Å². The number of nitrogens with zero attached hydrogens (tertiary/aromatic N) is 4. The molecule has 6 heteroatoms. The number of thiazole rings is 1. The monoisotopic (exact) mass is 301 g/mol. The molecule has 3 aromatic heterocycles. The Balaban J connectivity index is 2.15. The molecule has 5 nitrogen and oxygen atoms in total. The molecule has 3 heterocycles. The van der Waals surface area contributed by atoms with Gasteiger partial charge in [0, 0.05) is 16.8 Å². The van der Waals surface area contributed by atoms with E-state index in [9.17, 15) is 0 Å². The fraction of sp³-hybridized carbons (Fsp3) is 0.400. The highest BCUT2D eigenvalue weighted by Gasteiger charge is 2.17. The Morgan fingerprint density at radius 1 is 1.24 bits per heavy atom. The van der Waals surface area contributed by atoms with Gasteiger partial charge in [0.25, 0.3) is 0 Å². The summed E-state index contributed by atoms with van der Waals surface area (Å²) in [7, 11) is 0. The number of aryl methyl sites for hydroxylation is 3. The van der Waals surface area contributed by atoms with Crippen molar-refractivity contribution in [1.29, 1.82) is 0 Å². The van der Waals surface area contributed by atoms with Gasteiger partial charge in [0.2, 0.25) is 0 Å². The van der Waals surface area contributed by atoms with Crippen LogP contribution in [-0.2, 0) is 13.0 Å². The fourth-order valence-electron chi connectivity index (χ4n) is 2.59. The molecule has 0 aliphatic rings. The van der Waals surface area contributed by atoms with Crippen molar-refractivity contribution in [2.45, 2.75) is 40.7 Å². The van der Waals surface area contributed by atoms with Crippen LogP contribution in [0.4, 0.5) is 5.82 Å². The summed E-state index contributed by atoms with van der Waals surface area (Å²) in [6.07, 6.45) is 2.98. The first kappa shape index (κ1) is 14.0. The third-order valence-electron chi connectivity index (χ3n) is 3.85. The minimum absolute atomic E-state index is 0.560. The Morgan fingerprint density at radius 3 is 2.67 bits per heavy atom. The standard InChI is InChI=1S/C15H19N5S/c1-5-11-6-17-12(21-11)7-20-9(3)8(2)13-14(16)18-10(4)19-15(13)20/h6H,5,7H2,1-4H3,(H2,16,18,19). The molecule has 3 aromatic rings. The molecule has 110 valence electrons. The smallest absolute Gasteiger partial charge is 0.146 e. The van der Waals surface area contributed by atoms with Crippen molar-refractivity contribution in [1.82, 2.24) is 19.5 Å². The second-order valence-electron chi connectivity index (χ2n) is 5.23. The zero-order valence-corrected chi connectivity index (χ0v) is 13.6. The SMILES string of the molecule is CCc1cnc(Cn2c(C)c(C)c3c(N)nc(C)nc32)s1. The van der Waals surface area contributed by atoms with Crippen LogP contribution in [0.2, 0.25) is 0 Å². The van der Waals surface area contributed by atoms with Crippen LogP contribution < -0.4 is 5.73 Å². The van der Waals surface area contributed by atoms with E-state index in [1.807, 2.05) is 13.1 Å². The lowest BCUT2D eigenvalue weighted by atomic mass is 10.2. The number of fused-ring (bicyclic) bond motifs is 1. The van der Waals surface area contributed by atoms with Crippen molar-refractivity contribution in [3.63, 3.8) is 0 Å². The maximum absolute atomic E-state index is 6.08. The van der Waals surface area contributed by atoms with Crippen molar-refractivity contribution in [2.75, 3.05) is 5.73 Å². The first-order valence-corrected chi connectivity index (χ1v) is 7.86. The Morgan fingerprint density at radius 2 is 2.00 bits per heavy atom. The van der Waals surface area contributed by atoms with E-state index in [0.717, 1.165) is 34.6 Å². The van der Waals surface area contributed by atoms with E-state index < -0.39 is 0 Å². The molecule has 0 atom stereocenters. The van der Waals surface area contributed by atoms with Crippen molar-refractivity contribution in [3.8, 4) is 0 Å². The summed E-state index contributed by atoms with van der Waals surface area (Å²) in [5.41, 5.74) is 9.31. The number of hydrogen-bond acceptors (Lipinski definition) is 5. The molecule has 0 unspecified atom stereocenters. The molecule has 0 spiro atoms. The zero-order valence-electron chi connectivity index (χ0n) is 12.8. The minimum atomic E-state index is 0.560. The molecule has 0 bridgehead atoms. The van der Waals surface area contributed by atoms with Crippen molar-refractivity contribution in [2.24, 2.45) is 0 Å². The van der Waals surface area contributed by atoms with Gasteiger partial charge in [-0.15, -0.1) is 11.3 Å².